The third-order valence-electron chi connectivity index (χ3n) is 3.32. The highest BCUT2D eigenvalue weighted by Gasteiger charge is 2.27. The lowest BCUT2D eigenvalue weighted by Crippen LogP contribution is -2.42. The summed E-state index contributed by atoms with van der Waals surface area (Å²) in [6.45, 7) is 8.35. The topological polar surface area (TPSA) is 46.3 Å². The molecule has 18 heavy (non-hydrogen) atoms. The monoisotopic (exact) mass is 268 g/mol. The van der Waals surface area contributed by atoms with Crippen molar-refractivity contribution in [2.75, 3.05) is 12.8 Å². The number of rotatable bonds is 2. The van der Waals surface area contributed by atoms with Gasteiger partial charge in [-0.15, -0.1) is 0 Å². The van der Waals surface area contributed by atoms with Crippen molar-refractivity contribution in [3.05, 3.63) is 28.8 Å². The van der Waals surface area contributed by atoms with Gasteiger partial charge in [-0.1, -0.05) is 32.4 Å². The summed E-state index contributed by atoms with van der Waals surface area (Å²) in [6.07, 6.45) is 0. The molecule has 1 aromatic carbocycles. The number of carbonyl (C=O) groups is 1. The molecule has 0 radical (unpaired) electrons. The molecule has 1 amide bonds. The molecule has 0 heterocycles. The fourth-order valence-corrected chi connectivity index (χ4v) is 1.94. The number of benzene rings is 1. The smallest absolute Gasteiger partial charge is 0.253 e. The van der Waals surface area contributed by atoms with Gasteiger partial charge in [0.05, 0.1) is 0 Å². The SMILES string of the molecule is CC(N(C)C(=O)c1cc(N)cc(Cl)c1)C(C)(C)C. The van der Waals surface area contributed by atoms with Crippen LogP contribution in [-0.2, 0) is 0 Å². The van der Waals surface area contributed by atoms with Crippen molar-refractivity contribution in [1.29, 1.82) is 0 Å². The minimum atomic E-state index is -0.0633. The summed E-state index contributed by atoms with van der Waals surface area (Å²) in [6, 6.07) is 5.04. The lowest BCUT2D eigenvalue weighted by atomic mass is 9.87. The van der Waals surface area contributed by atoms with Crippen molar-refractivity contribution in [3.8, 4) is 0 Å². The molecule has 1 rings (SSSR count). The van der Waals surface area contributed by atoms with Crippen LogP contribution in [0.2, 0.25) is 5.02 Å². The van der Waals surface area contributed by atoms with Gasteiger partial charge in [0.25, 0.3) is 5.91 Å². The van der Waals surface area contributed by atoms with E-state index in [1.807, 2.05) is 6.92 Å². The Bertz CT molecular complexity index is 431. The first kappa shape index (κ1) is 14.8. The van der Waals surface area contributed by atoms with E-state index in [2.05, 4.69) is 20.8 Å². The predicted octanol–water partition coefficient (Wildman–Crippen LogP) is 3.43. The second-order valence-corrected chi connectivity index (χ2v) is 6.17. The van der Waals surface area contributed by atoms with Crippen LogP contribution in [0.1, 0.15) is 38.1 Å². The first-order valence-corrected chi connectivity index (χ1v) is 6.34. The Morgan fingerprint density at radius 1 is 1.33 bits per heavy atom. The maximum Gasteiger partial charge on any atom is 0.253 e. The number of nitrogens with two attached hydrogens (primary N) is 1. The van der Waals surface area contributed by atoms with Crippen LogP contribution in [0.15, 0.2) is 18.2 Å². The van der Waals surface area contributed by atoms with E-state index in [1.165, 1.54) is 0 Å². The highest BCUT2D eigenvalue weighted by molar-refractivity contribution is 6.31. The molecular weight excluding hydrogens is 248 g/mol. The maximum absolute atomic E-state index is 12.3. The Balaban J connectivity index is 3.00. The average Bonchev–Trinajstić information content (AvgIpc) is 2.23. The van der Waals surface area contributed by atoms with Gasteiger partial charge in [-0.25, -0.2) is 0 Å². The van der Waals surface area contributed by atoms with E-state index in [4.69, 9.17) is 17.3 Å². The van der Waals surface area contributed by atoms with E-state index < -0.39 is 0 Å². The second-order valence-electron chi connectivity index (χ2n) is 5.73. The molecule has 0 aromatic heterocycles. The van der Waals surface area contributed by atoms with Crippen molar-refractivity contribution in [1.82, 2.24) is 4.90 Å². The molecule has 0 bridgehead atoms. The molecule has 0 fully saturated rings. The van der Waals surface area contributed by atoms with E-state index in [9.17, 15) is 4.79 Å². The maximum atomic E-state index is 12.3. The van der Waals surface area contributed by atoms with Crippen LogP contribution in [0.4, 0.5) is 5.69 Å². The quantitative estimate of drug-likeness (QED) is 0.836. The van der Waals surface area contributed by atoms with Gasteiger partial charge >= 0.3 is 0 Å². The van der Waals surface area contributed by atoms with Gasteiger partial charge in [0.15, 0.2) is 0 Å². The van der Waals surface area contributed by atoms with Gasteiger partial charge in [0.2, 0.25) is 0 Å². The van der Waals surface area contributed by atoms with Gasteiger partial charge in [-0.2, -0.15) is 0 Å². The molecule has 0 saturated carbocycles. The molecule has 1 atom stereocenters. The summed E-state index contributed by atoms with van der Waals surface area (Å²) in [5, 5.41) is 0.482. The van der Waals surface area contributed by atoms with Crippen LogP contribution < -0.4 is 5.73 Å². The Morgan fingerprint density at radius 3 is 2.33 bits per heavy atom. The third-order valence-corrected chi connectivity index (χ3v) is 3.54. The zero-order valence-electron chi connectivity index (χ0n) is 11.6. The Morgan fingerprint density at radius 2 is 1.89 bits per heavy atom. The molecule has 0 spiro atoms. The van der Waals surface area contributed by atoms with Crippen LogP contribution >= 0.6 is 11.6 Å². The van der Waals surface area contributed by atoms with Crippen LogP contribution in [-0.4, -0.2) is 23.9 Å². The zero-order valence-corrected chi connectivity index (χ0v) is 12.4. The molecule has 1 aromatic rings. The number of hydrogen-bond donors (Lipinski definition) is 1. The number of amides is 1. The average molecular weight is 269 g/mol. The summed E-state index contributed by atoms with van der Waals surface area (Å²) in [5.74, 6) is -0.0633. The standard InChI is InChI=1S/C14H21ClN2O/c1-9(14(2,3)4)17(5)13(18)10-6-11(15)8-12(16)7-10/h6-9H,16H2,1-5H3. The summed E-state index contributed by atoms with van der Waals surface area (Å²) < 4.78 is 0. The summed E-state index contributed by atoms with van der Waals surface area (Å²) in [4.78, 5) is 14.1. The van der Waals surface area contributed by atoms with Crippen LogP contribution in [0.3, 0.4) is 0 Å². The fraction of sp³-hybridized carbons (Fsp3) is 0.500. The van der Waals surface area contributed by atoms with E-state index in [1.54, 1.807) is 30.1 Å². The van der Waals surface area contributed by atoms with Crippen LogP contribution in [0.25, 0.3) is 0 Å². The Kier molecular flexibility index (Phi) is 4.28. The summed E-state index contributed by atoms with van der Waals surface area (Å²) in [5.41, 5.74) is 6.76. The largest absolute Gasteiger partial charge is 0.399 e. The second kappa shape index (κ2) is 5.19. The number of nitrogens with zero attached hydrogens (tertiary/aromatic N) is 1. The third kappa shape index (κ3) is 3.39. The highest BCUT2D eigenvalue weighted by atomic mass is 35.5. The van der Waals surface area contributed by atoms with Crippen molar-refractivity contribution >= 4 is 23.2 Å². The van der Waals surface area contributed by atoms with Crippen LogP contribution in [0.5, 0.6) is 0 Å². The molecule has 4 heteroatoms. The first-order valence-electron chi connectivity index (χ1n) is 5.96. The first-order chi connectivity index (χ1) is 8.12. The number of carbonyl (C=O) groups excluding carboxylic acids is 1. The minimum Gasteiger partial charge on any atom is -0.399 e. The fourth-order valence-electron chi connectivity index (χ4n) is 1.70. The van der Waals surface area contributed by atoms with Gasteiger partial charge in [-0.05, 0) is 30.5 Å². The van der Waals surface area contributed by atoms with Gasteiger partial charge in [0, 0.05) is 29.4 Å². The Labute approximate surface area is 114 Å². The van der Waals surface area contributed by atoms with E-state index >= 15 is 0 Å². The van der Waals surface area contributed by atoms with Crippen LogP contribution in [0, 0.1) is 5.41 Å². The van der Waals surface area contributed by atoms with Crippen molar-refractivity contribution in [2.45, 2.75) is 33.7 Å². The van der Waals surface area contributed by atoms with Crippen molar-refractivity contribution in [2.24, 2.45) is 5.41 Å². The number of nitrogen functional groups attached to an aromatic ring is 1. The Hall–Kier alpha value is -1.22. The molecule has 0 aliphatic heterocycles. The minimum absolute atomic E-state index is 0.0224. The van der Waals surface area contributed by atoms with E-state index in [-0.39, 0.29) is 17.4 Å². The number of hydrogen-bond acceptors (Lipinski definition) is 2. The van der Waals surface area contributed by atoms with Crippen molar-refractivity contribution < 1.29 is 4.79 Å². The lowest BCUT2D eigenvalue weighted by Gasteiger charge is -2.35. The summed E-state index contributed by atoms with van der Waals surface area (Å²) in [7, 11) is 1.80. The predicted molar refractivity (Wildman–Crippen MR) is 76.9 cm³/mol. The number of halogens is 1. The summed E-state index contributed by atoms with van der Waals surface area (Å²) >= 11 is 5.92. The van der Waals surface area contributed by atoms with E-state index in [0.717, 1.165) is 0 Å². The zero-order chi connectivity index (χ0) is 14.1. The molecular formula is C14H21ClN2O. The molecule has 0 aliphatic carbocycles. The normalized spacial score (nSPS) is 13.2. The van der Waals surface area contributed by atoms with E-state index in [0.29, 0.717) is 16.3 Å². The highest BCUT2D eigenvalue weighted by Crippen LogP contribution is 2.25. The molecule has 3 nitrogen and oxygen atoms in total. The van der Waals surface area contributed by atoms with Gasteiger partial charge < -0.3 is 10.6 Å². The molecule has 1 unspecified atom stereocenters. The molecule has 0 aliphatic rings. The van der Waals surface area contributed by atoms with Gasteiger partial charge in [-0.3, -0.25) is 4.79 Å². The lowest BCUT2D eigenvalue weighted by molar-refractivity contribution is 0.0629. The molecule has 0 saturated heterocycles. The van der Waals surface area contributed by atoms with Gasteiger partial charge in [0.1, 0.15) is 0 Å². The molecule has 100 valence electrons. The molecule has 2 N–H and O–H groups in total. The number of anilines is 1. The van der Waals surface area contributed by atoms with Crippen molar-refractivity contribution in [3.63, 3.8) is 0 Å².